The van der Waals surface area contributed by atoms with Crippen LogP contribution in [0.1, 0.15) is 55.2 Å². The van der Waals surface area contributed by atoms with Gasteiger partial charge in [0.1, 0.15) is 0 Å². The average Bonchev–Trinajstić information content (AvgIpc) is 3.14. The van der Waals surface area contributed by atoms with Gasteiger partial charge in [0.25, 0.3) is 10.0 Å². The van der Waals surface area contributed by atoms with Gasteiger partial charge >= 0.3 is 0 Å². The Morgan fingerprint density at radius 2 is 1.97 bits per heavy atom. The van der Waals surface area contributed by atoms with Gasteiger partial charge < -0.3 is 20.1 Å². The van der Waals surface area contributed by atoms with Gasteiger partial charge in [-0.25, -0.2) is 13.4 Å². The summed E-state index contributed by atoms with van der Waals surface area (Å²) in [6.45, 7) is 5.47. The molecule has 10 heteroatoms. The minimum atomic E-state index is -3.86. The number of carbonyl (C=O) groups excluding carboxylic acids is 1. The molecule has 5 atom stereocenters. The van der Waals surface area contributed by atoms with Crippen molar-refractivity contribution in [2.24, 2.45) is 16.7 Å². The molecule has 2 aromatic rings. The molecule has 0 amide bonds. The van der Waals surface area contributed by atoms with Crippen LogP contribution in [0.2, 0.25) is 0 Å². The lowest BCUT2D eigenvalue weighted by molar-refractivity contribution is -0.307. The Balaban J connectivity index is 1.75. The number of aliphatic hydroxyl groups excluding tert-OH is 2. The number of carbonyl (C=O) groups is 1. The van der Waals surface area contributed by atoms with E-state index in [2.05, 4.69) is 9.71 Å². The van der Waals surface area contributed by atoms with E-state index in [0.29, 0.717) is 25.0 Å². The first kappa shape index (κ1) is 24.1. The van der Waals surface area contributed by atoms with Gasteiger partial charge in [0, 0.05) is 22.2 Å². The van der Waals surface area contributed by atoms with E-state index in [4.69, 9.17) is 0 Å². The minimum absolute atomic E-state index is 0.115. The molecule has 33 heavy (non-hydrogen) atoms. The minimum Gasteiger partial charge on any atom is -0.550 e. The summed E-state index contributed by atoms with van der Waals surface area (Å²) in [5, 5.41) is 32.8. The summed E-state index contributed by atoms with van der Waals surface area (Å²) in [7, 11) is -3.86. The molecule has 1 heterocycles. The summed E-state index contributed by atoms with van der Waals surface area (Å²) in [5.41, 5.74) is 0.167. The molecule has 2 aliphatic rings. The maximum absolute atomic E-state index is 12.9. The number of aromatic nitrogens is 1. The van der Waals surface area contributed by atoms with E-state index in [1.54, 1.807) is 12.1 Å². The lowest BCUT2D eigenvalue weighted by Crippen LogP contribution is -2.57. The van der Waals surface area contributed by atoms with Gasteiger partial charge in [-0.2, -0.15) is 0 Å². The number of carboxylic acid groups (broad SMARTS) is 1. The van der Waals surface area contributed by atoms with Crippen LogP contribution in [0.5, 0.6) is 0 Å². The molecule has 0 radical (unpaired) electrons. The lowest BCUT2D eigenvalue weighted by atomic mass is 9.47. The molecule has 0 spiro atoms. The highest BCUT2D eigenvalue weighted by Crippen LogP contribution is 2.62. The predicted octanol–water partition coefficient (Wildman–Crippen LogP) is 1.81. The van der Waals surface area contributed by atoms with E-state index in [1.165, 1.54) is 23.5 Å². The van der Waals surface area contributed by atoms with Gasteiger partial charge in [-0.05, 0) is 56.1 Å². The van der Waals surface area contributed by atoms with Crippen LogP contribution >= 0.6 is 11.3 Å². The van der Waals surface area contributed by atoms with Gasteiger partial charge in [0.05, 0.1) is 23.3 Å². The maximum Gasteiger partial charge on any atom is 0.263 e. The number of aliphatic hydroxyl groups is 2. The van der Waals surface area contributed by atoms with Crippen molar-refractivity contribution in [3.8, 4) is 0 Å². The standard InChI is InChI=1S/C23H30N2O6S2/c1-13-4-6-14(7-5-13)33(30,31)25-21-24-20-15(10-19(28)29)22(2)9-8-18(27)23(3,12-26)17(22)11-16(20)32-21/h4-7,15,17-18,26-27H,8-12H2,1-3H3,(H,24,25)(H,28,29)/p-1/t15-,17+,18-,22+,23+/m1/s1. The van der Waals surface area contributed by atoms with E-state index in [0.717, 1.165) is 10.4 Å². The maximum atomic E-state index is 12.9. The number of carboxylic acids is 1. The van der Waals surface area contributed by atoms with Crippen LogP contribution in [0.4, 0.5) is 5.13 Å². The summed E-state index contributed by atoms with van der Waals surface area (Å²) in [5.74, 6) is -1.92. The summed E-state index contributed by atoms with van der Waals surface area (Å²) in [6.07, 6.45) is 0.533. The zero-order valence-corrected chi connectivity index (χ0v) is 20.5. The first-order valence-corrected chi connectivity index (χ1v) is 13.3. The summed E-state index contributed by atoms with van der Waals surface area (Å²) in [4.78, 5) is 17.1. The third kappa shape index (κ3) is 4.07. The van der Waals surface area contributed by atoms with Crippen molar-refractivity contribution in [2.75, 3.05) is 11.3 Å². The van der Waals surface area contributed by atoms with E-state index >= 15 is 0 Å². The second-order valence-corrected chi connectivity index (χ2v) is 12.6. The SMILES string of the molecule is Cc1ccc(S(=O)(=O)Nc2nc3c(s2)C[C@@H]2[C@](C)(CO)[C@H](O)CC[C@@]2(C)[C@@H]3CC(=O)[O-])cc1. The van der Waals surface area contributed by atoms with Crippen molar-refractivity contribution in [1.29, 1.82) is 0 Å². The number of hydrogen-bond donors (Lipinski definition) is 3. The topological polar surface area (TPSA) is 140 Å². The molecule has 0 bridgehead atoms. The second kappa shape index (κ2) is 8.33. The van der Waals surface area contributed by atoms with Crippen LogP contribution in [0, 0.1) is 23.7 Å². The number of thiazole rings is 1. The number of nitrogens with one attached hydrogen (secondary N) is 1. The quantitative estimate of drug-likeness (QED) is 0.557. The Bertz CT molecular complexity index is 1160. The zero-order chi connectivity index (χ0) is 24.2. The summed E-state index contributed by atoms with van der Waals surface area (Å²) in [6, 6.07) is 6.47. The highest BCUT2D eigenvalue weighted by Gasteiger charge is 2.59. The number of rotatable bonds is 6. The molecule has 1 aromatic heterocycles. The number of nitrogens with zero attached hydrogens (tertiary/aromatic N) is 1. The Kier molecular flexibility index (Phi) is 6.09. The van der Waals surface area contributed by atoms with E-state index in [1.807, 2.05) is 20.8 Å². The van der Waals surface area contributed by atoms with Gasteiger partial charge in [-0.1, -0.05) is 31.5 Å². The van der Waals surface area contributed by atoms with Crippen LogP contribution in [0.25, 0.3) is 0 Å². The number of anilines is 1. The molecule has 4 rings (SSSR count). The normalized spacial score (nSPS) is 31.5. The van der Waals surface area contributed by atoms with Crippen LogP contribution in [-0.2, 0) is 21.2 Å². The fraction of sp³-hybridized carbons (Fsp3) is 0.565. The third-order valence-electron chi connectivity index (χ3n) is 7.82. The molecule has 0 unspecified atom stereocenters. The molecular weight excluding hydrogens is 464 g/mol. The average molecular weight is 494 g/mol. The van der Waals surface area contributed by atoms with Gasteiger partial charge in [0.15, 0.2) is 5.13 Å². The first-order valence-electron chi connectivity index (χ1n) is 11.0. The Morgan fingerprint density at radius 1 is 1.30 bits per heavy atom. The van der Waals surface area contributed by atoms with Crippen molar-refractivity contribution < 1.29 is 28.5 Å². The van der Waals surface area contributed by atoms with Crippen LogP contribution < -0.4 is 9.83 Å². The van der Waals surface area contributed by atoms with Crippen molar-refractivity contribution >= 4 is 32.5 Å². The molecule has 0 aliphatic heterocycles. The first-order chi connectivity index (χ1) is 15.4. The number of fused-ring (bicyclic) bond motifs is 2. The van der Waals surface area contributed by atoms with E-state index in [9.17, 15) is 28.5 Å². The van der Waals surface area contributed by atoms with E-state index in [-0.39, 0.29) is 29.0 Å². The largest absolute Gasteiger partial charge is 0.550 e. The summed E-state index contributed by atoms with van der Waals surface area (Å²) < 4.78 is 28.3. The molecule has 2 aliphatic carbocycles. The number of aryl methyl sites for hydroxylation is 1. The Labute approximate surface area is 197 Å². The highest BCUT2D eigenvalue weighted by molar-refractivity contribution is 7.93. The number of benzene rings is 1. The van der Waals surface area contributed by atoms with Crippen LogP contribution in [-0.4, -0.2) is 42.3 Å². The van der Waals surface area contributed by atoms with E-state index < -0.39 is 38.8 Å². The number of hydrogen-bond acceptors (Lipinski definition) is 8. The highest BCUT2D eigenvalue weighted by atomic mass is 32.2. The number of aliphatic carboxylic acids is 1. The van der Waals surface area contributed by atoms with Crippen LogP contribution in [0.3, 0.4) is 0 Å². The fourth-order valence-corrected chi connectivity index (χ4v) is 8.05. The molecule has 8 nitrogen and oxygen atoms in total. The van der Waals surface area contributed by atoms with Gasteiger partial charge in [-0.15, -0.1) is 11.3 Å². The van der Waals surface area contributed by atoms with Crippen molar-refractivity contribution in [1.82, 2.24) is 4.98 Å². The predicted molar refractivity (Wildman–Crippen MR) is 122 cm³/mol. The molecule has 3 N–H and O–H groups in total. The Hall–Kier alpha value is -2.01. The van der Waals surface area contributed by atoms with Gasteiger partial charge in [0.2, 0.25) is 0 Å². The van der Waals surface area contributed by atoms with Gasteiger partial charge in [-0.3, -0.25) is 4.72 Å². The van der Waals surface area contributed by atoms with Crippen molar-refractivity contribution in [3.63, 3.8) is 0 Å². The van der Waals surface area contributed by atoms with Crippen molar-refractivity contribution in [3.05, 3.63) is 40.4 Å². The number of sulfonamides is 1. The Morgan fingerprint density at radius 3 is 2.58 bits per heavy atom. The molecule has 0 saturated heterocycles. The molecule has 1 aromatic carbocycles. The molecule has 1 saturated carbocycles. The second-order valence-electron chi connectivity index (χ2n) is 9.86. The fourth-order valence-electron chi connectivity index (χ4n) is 5.75. The molecular formula is C23H29N2O6S2-. The van der Waals surface area contributed by atoms with Crippen molar-refractivity contribution in [2.45, 2.75) is 63.4 Å². The lowest BCUT2D eigenvalue weighted by Gasteiger charge is -2.58. The third-order valence-corrected chi connectivity index (χ3v) is 10.3. The molecule has 1 fully saturated rings. The zero-order valence-electron chi connectivity index (χ0n) is 18.9. The van der Waals surface area contributed by atoms with Crippen LogP contribution in [0.15, 0.2) is 29.2 Å². The summed E-state index contributed by atoms with van der Waals surface area (Å²) >= 11 is 1.18. The molecule has 180 valence electrons. The monoisotopic (exact) mass is 493 g/mol. The smallest absolute Gasteiger partial charge is 0.263 e.